The van der Waals surface area contributed by atoms with E-state index in [9.17, 15) is 4.79 Å². The second kappa shape index (κ2) is 8.01. The van der Waals surface area contributed by atoms with E-state index in [1.807, 2.05) is 36.1 Å². The Bertz CT molecular complexity index is 693. The second-order valence-electron chi connectivity index (χ2n) is 6.16. The topological polar surface area (TPSA) is 75.0 Å². The molecule has 1 atom stereocenters. The average molecular weight is 369 g/mol. The smallest absolute Gasteiger partial charge is 0.257 e. The van der Waals surface area contributed by atoms with Gasteiger partial charge < -0.3 is 10.6 Å². The Kier molecular flexibility index (Phi) is 6.27. The number of nitrogens with one attached hydrogen (secondary N) is 1. The normalized spacial score (nSPS) is 16.5. The molecule has 3 rings (SSSR count). The minimum atomic E-state index is 0. The number of amides is 1. The van der Waals surface area contributed by atoms with Gasteiger partial charge in [0.15, 0.2) is 0 Å². The molecule has 1 unspecified atom stereocenters. The van der Waals surface area contributed by atoms with Gasteiger partial charge >= 0.3 is 0 Å². The first-order valence-corrected chi connectivity index (χ1v) is 8.28. The van der Waals surface area contributed by atoms with E-state index >= 15 is 0 Å². The molecule has 1 aromatic heterocycles. The summed E-state index contributed by atoms with van der Waals surface area (Å²) in [5.41, 5.74) is 8.14. The predicted octanol–water partition coefficient (Wildman–Crippen LogP) is 3.35. The van der Waals surface area contributed by atoms with E-state index in [1.54, 1.807) is 6.20 Å². The number of halogens is 2. The molecule has 1 amide bonds. The number of nitrogens with two attached hydrogens (primary N) is 1. The molecule has 3 N–H and O–H groups in total. The largest absolute Gasteiger partial charge is 0.339 e. The number of likely N-dealkylation sites (tertiary alicyclic amines) is 1. The number of carbonyl (C=O) groups is 1. The number of piperidine rings is 1. The van der Waals surface area contributed by atoms with Crippen molar-refractivity contribution in [3.05, 3.63) is 41.0 Å². The summed E-state index contributed by atoms with van der Waals surface area (Å²) in [5, 5.41) is 7.60. The summed E-state index contributed by atoms with van der Waals surface area (Å²) in [7, 11) is 0. The van der Waals surface area contributed by atoms with Gasteiger partial charge in [-0.15, -0.1) is 12.4 Å². The molecule has 1 aliphatic heterocycles. The first-order valence-electron chi connectivity index (χ1n) is 7.90. The molecule has 0 bridgehead atoms. The fraction of sp³-hybridized carbons (Fsp3) is 0.412. The molecule has 5 nitrogen and oxygen atoms in total. The molecule has 2 heterocycles. The van der Waals surface area contributed by atoms with E-state index < -0.39 is 0 Å². The van der Waals surface area contributed by atoms with Crippen molar-refractivity contribution in [2.45, 2.75) is 25.8 Å². The molecule has 0 aliphatic carbocycles. The van der Waals surface area contributed by atoms with E-state index in [4.69, 9.17) is 17.3 Å². The lowest BCUT2D eigenvalue weighted by molar-refractivity contribution is 0.0682. The van der Waals surface area contributed by atoms with Gasteiger partial charge in [0.05, 0.1) is 17.5 Å². The molecule has 1 fully saturated rings. The van der Waals surface area contributed by atoms with E-state index in [-0.39, 0.29) is 24.4 Å². The van der Waals surface area contributed by atoms with Crippen LogP contribution < -0.4 is 5.73 Å². The van der Waals surface area contributed by atoms with Gasteiger partial charge in [0.25, 0.3) is 5.91 Å². The zero-order valence-corrected chi connectivity index (χ0v) is 15.1. The Hall–Kier alpha value is -1.56. The number of aromatic nitrogens is 2. The van der Waals surface area contributed by atoms with Crippen LogP contribution in [0.25, 0.3) is 11.3 Å². The van der Waals surface area contributed by atoms with Gasteiger partial charge in [-0.3, -0.25) is 9.89 Å². The standard InChI is InChI=1S/C17H21ClN4O.ClH/c1-11(19)12-5-7-22(8-6-12)17(23)15-10-20-21-16(15)13-3-2-4-14(18)9-13;/h2-4,9-12H,5-8,19H2,1H3,(H,20,21);1H. The Labute approximate surface area is 153 Å². The molecule has 1 saturated heterocycles. The van der Waals surface area contributed by atoms with Gasteiger partial charge in [-0.1, -0.05) is 23.7 Å². The maximum Gasteiger partial charge on any atom is 0.257 e. The van der Waals surface area contributed by atoms with Gasteiger partial charge in [0.2, 0.25) is 0 Å². The minimum Gasteiger partial charge on any atom is -0.339 e. The Morgan fingerprint density at radius 3 is 2.75 bits per heavy atom. The lowest BCUT2D eigenvalue weighted by atomic mass is 9.90. The second-order valence-corrected chi connectivity index (χ2v) is 6.59. The van der Waals surface area contributed by atoms with E-state index in [1.165, 1.54) is 0 Å². The highest BCUT2D eigenvalue weighted by Gasteiger charge is 2.27. The van der Waals surface area contributed by atoms with Crippen molar-refractivity contribution in [3.8, 4) is 11.3 Å². The summed E-state index contributed by atoms with van der Waals surface area (Å²) < 4.78 is 0. The first kappa shape index (κ1) is 18.8. The maximum absolute atomic E-state index is 12.8. The SMILES string of the molecule is CC(N)C1CCN(C(=O)c2cn[nH]c2-c2cccc(Cl)c2)CC1.Cl. The Balaban J connectivity index is 0.00000208. The highest BCUT2D eigenvalue weighted by atomic mass is 35.5. The molecule has 1 aromatic carbocycles. The molecular weight excluding hydrogens is 347 g/mol. The van der Waals surface area contributed by atoms with E-state index in [0.717, 1.165) is 31.5 Å². The van der Waals surface area contributed by atoms with Crippen LogP contribution in [0.3, 0.4) is 0 Å². The highest BCUT2D eigenvalue weighted by molar-refractivity contribution is 6.30. The van der Waals surface area contributed by atoms with Crippen LogP contribution in [0.4, 0.5) is 0 Å². The summed E-state index contributed by atoms with van der Waals surface area (Å²) in [5.74, 6) is 0.507. The first-order chi connectivity index (χ1) is 11.1. The van der Waals surface area contributed by atoms with Crippen LogP contribution in [0.1, 0.15) is 30.1 Å². The predicted molar refractivity (Wildman–Crippen MR) is 98.6 cm³/mol. The molecule has 7 heteroatoms. The molecule has 1 aliphatic rings. The van der Waals surface area contributed by atoms with Crippen LogP contribution in [0.15, 0.2) is 30.5 Å². The van der Waals surface area contributed by atoms with Crippen molar-refractivity contribution in [1.82, 2.24) is 15.1 Å². The summed E-state index contributed by atoms with van der Waals surface area (Å²) in [6.07, 6.45) is 3.50. The third-order valence-corrected chi connectivity index (χ3v) is 4.79. The Morgan fingerprint density at radius 1 is 1.42 bits per heavy atom. The number of hydrogen-bond acceptors (Lipinski definition) is 3. The molecule has 130 valence electrons. The lowest BCUT2D eigenvalue weighted by Crippen LogP contribution is -2.42. The van der Waals surface area contributed by atoms with Crippen LogP contribution in [-0.2, 0) is 0 Å². The van der Waals surface area contributed by atoms with Crippen LogP contribution in [0.5, 0.6) is 0 Å². The summed E-state index contributed by atoms with van der Waals surface area (Å²) >= 11 is 6.05. The number of hydrogen-bond donors (Lipinski definition) is 2. The zero-order chi connectivity index (χ0) is 16.4. The van der Waals surface area contributed by atoms with Crippen LogP contribution in [0.2, 0.25) is 5.02 Å². The lowest BCUT2D eigenvalue weighted by Gasteiger charge is -2.33. The fourth-order valence-electron chi connectivity index (χ4n) is 3.11. The van der Waals surface area contributed by atoms with Crippen molar-refractivity contribution in [3.63, 3.8) is 0 Å². The molecule has 0 spiro atoms. The minimum absolute atomic E-state index is 0. The number of benzene rings is 1. The van der Waals surface area contributed by atoms with Crippen LogP contribution in [0, 0.1) is 5.92 Å². The fourth-order valence-corrected chi connectivity index (χ4v) is 3.30. The number of carbonyl (C=O) groups excluding carboxylic acids is 1. The summed E-state index contributed by atoms with van der Waals surface area (Å²) in [6.45, 7) is 3.52. The van der Waals surface area contributed by atoms with Gasteiger partial charge in [-0.2, -0.15) is 5.10 Å². The van der Waals surface area contributed by atoms with Crippen molar-refractivity contribution in [2.75, 3.05) is 13.1 Å². The van der Waals surface area contributed by atoms with Gasteiger partial charge in [0.1, 0.15) is 0 Å². The number of H-pyrrole nitrogens is 1. The Morgan fingerprint density at radius 2 is 2.12 bits per heavy atom. The number of rotatable bonds is 3. The molecule has 0 radical (unpaired) electrons. The third-order valence-electron chi connectivity index (χ3n) is 4.55. The summed E-state index contributed by atoms with van der Waals surface area (Å²) in [6, 6.07) is 7.60. The van der Waals surface area contributed by atoms with E-state index in [0.29, 0.717) is 22.2 Å². The quantitative estimate of drug-likeness (QED) is 0.871. The molecular formula is C17H22Cl2N4O. The highest BCUT2D eigenvalue weighted by Crippen LogP contribution is 2.27. The van der Waals surface area contributed by atoms with Crippen LogP contribution in [-0.4, -0.2) is 40.1 Å². The molecule has 0 saturated carbocycles. The average Bonchev–Trinajstić information content (AvgIpc) is 3.04. The number of aromatic amines is 1. The van der Waals surface area contributed by atoms with Crippen molar-refractivity contribution >= 4 is 29.9 Å². The molecule has 2 aromatic rings. The van der Waals surface area contributed by atoms with Crippen molar-refractivity contribution in [2.24, 2.45) is 11.7 Å². The van der Waals surface area contributed by atoms with Crippen molar-refractivity contribution in [1.29, 1.82) is 0 Å². The zero-order valence-electron chi connectivity index (χ0n) is 13.5. The monoisotopic (exact) mass is 368 g/mol. The maximum atomic E-state index is 12.8. The van der Waals surface area contributed by atoms with Gasteiger partial charge in [-0.05, 0) is 37.8 Å². The number of nitrogens with zero attached hydrogens (tertiary/aromatic N) is 2. The van der Waals surface area contributed by atoms with Gasteiger partial charge in [-0.25, -0.2) is 0 Å². The molecule has 24 heavy (non-hydrogen) atoms. The third kappa shape index (κ3) is 3.91. The van der Waals surface area contributed by atoms with E-state index in [2.05, 4.69) is 10.2 Å². The summed E-state index contributed by atoms with van der Waals surface area (Å²) in [4.78, 5) is 14.7. The van der Waals surface area contributed by atoms with Gasteiger partial charge in [0, 0.05) is 29.7 Å². The van der Waals surface area contributed by atoms with Crippen molar-refractivity contribution < 1.29 is 4.79 Å². The van der Waals surface area contributed by atoms with Crippen LogP contribution >= 0.6 is 24.0 Å².